The zero-order valence-electron chi connectivity index (χ0n) is 9.98. The molecule has 0 radical (unpaired) electrons. The Labute approximate surface area is 91.7 Å². The molecule has 0 heterocycles. The first-order valence-corrected chi connectivity index (χ1v) is 5.42. The lowest BCUT2D eigenvalue weighted by Gasteiger charge is -2.13. The maximum Gasteiger partial charge on any atom is 0.162 e. The Kier molecular flexibility index (Phi) is 3.89. The topological polar surface area (TPSA) is 29.1 Å². The van der Waals surface area contributed by atoms with Crippen molar-refractivity contribution < 1.29 is 4.79 Å². The lowest BCUT2D eigenvalue weighted by Crippen LogP contribution is -2.07. The highest BCUT2D eigenvalue weighted by molar-refractivity contribution is 6.01. The largest absolute Gasteiger partial charge is 0.384 e. The molecule has 0 saturated heterocycles. The Morgan fingerprint density at radius 2 is 2.00 bits per heavy atom. The minimum Gasteiger partial charge on any atom is -0.384 e. The predicted octanol–water partition coefficient (Wildman–Crippen LogP) is 3.33. The van der Waals surface area contributed by atoms with Gasteiger partial charge in [-0.05, 0) is 44.4 Å². The Balaban J connectivity index is 3.14. The molecule has 0 saturated carbocycles. The van der Waals surface area contributed by atoms with Crippen LogP contribution in [0.1, 0.15) is 41.8 Å². The van der Waals surface area contributed by atoms with E-state index in [-0.39, 0.29) is 5.78 Å². The summed E-state index contributed by atoms with van der Waals surface area (Å²) in [4.78, 5) is 11.5. The monoisotopic (exact) mass is 205 g/mol. The summed E-state index contributed by atoms with van der Waals surface area (Å²) in [6.45, 7) is 8.68. The van der Waals surface area contributed by atoms with Gasteiger partial charge in [0, 0.05) is 17.8 Å². The summed E-state index contributed by atoms with van der Waals surface area (Å²) in [5.74, 6) is 0.131. The summed E-state index contributed by atoms with van der Waals surface area (Å²) in [5.41, 5.74) is 4.05. The van der Waals surface area contributed by atoms with Gasteiger partial charge in [0.2, 0.25) is 0 Å². The van der Waals surface area contributed by atoms with Crippen molar-refractivity contribution in [3.8, 4) is 0 Å². The van der Waals surface area contributed by atoms with E-state index in [4.69, 9.17) is 0 Å². The van der Waals surface area contributed by atoms with Crippen molar-refractivity contribution in [1.82, 2.24) is 0 Å². The van der Waals surface area contributed by atoms with Crippen LogP contribution in [0.2, 0.25) is 0 Å². The number of ketones is 1. The van der Waals surface area contributed by atoms with Crippen LogP contribution < -0.4 is 5.32 Å². The van der Waals surface area contributed by atoms with Crippen molar-refractivity contribution in [3.05, 3.63) is 28.8 Å². The van der Waals surface area contributed by atoms with Gasteiger partial charge in [-0.15, -0.1) is 0 Å². The standard InChI is InChI=1S/C13H19NO/c1-5-6-14-12-8-9(2)7-10(3)13(12)11(4)15/h7-8,14H,5-6H2,1-4H3. The maximum atomic E-state index is 11.5. The van der Waals surface area contributed by atoms with Gasteiger partial charge in [0.15, 0.2) is 5.78 Å². The Morgan fingerprint density at radius 3 is 2.53 bits per heavy atom. The van der Waals surface area contributed by atoms with Gasteiger partial charge < -0.3 is 5.32 Å². The second-order valence-corrected chi connectivity index (χ2v) is 3.99. The van der Waals surface area contributed by atoms with Gasteiger partial charge in [-0.2, -0.15) is 0 Å². The van der Waals surface area contributed by atoms with Crippen LogP contribution in [0, 0.1) is 13.8 Å². The second kappa shape index (κ2) is 4.96. The fourth-order valence-corrected chi connectivity index (χ4v) is 1.83. The molecule has 0 bridgehead atoms. The van der Waals surface area contributed by atoms with E-state index in [0.29, 0.717) is 0 Å². The van der Waals surface area contributed by atoms with Crippen molar-refractivity contribution in [2.75, 3.05) is 11.9 Å². The van der Waals surface area contributed by atoms with Crippen molar-refractivity contribution in [3.63, 3.8) is 0 Å². The van der Waals surface area contributed by atoms with Crippen LogP contribution in [0.3, 0.4) is 0 Å². The number of carbonyl (C=O) groups excluding carboxylic acids is 1. The van der Waals surface area contributed by atoms with Gasteiger partial charge in [0.05, 0.1) is 0 Å². The van der Waals surface area contributed by atoms with Gasteiger partial charge in [0.25, 0.3) is 0 Å². The number of carbonyl (C=O) groups is 1. The van der Waals surface area contributed by atoms with Crippen molar-refractivity contribution in [1.29, 1.82) is 0 Å². The van der Waals surface area contributed by atoms with Crippen LogP contribution in [0.5, 0.6) is 0 Å². The van der Waals surface area contributed by atoms with E-state index in [1.807, 2.05) is 26.0 Å². The quantitative estimate of drug-likeness (QED) is 0.764. The van der Waals surface area contributed by atoms with E-state index in [0.717, 1.165) is 29.8 Å². The SMILES string of the molecule is CCCNc1cc(C)cc(C)c1C(C)=O. The molecule has 0 aliphatic rings. The van der Waals surface area contributed by atoms with E-state index in [9.17, 15) is 4.79 Å². The average Bonchev–Trinajstić information content (AvgIpc) is 2.12. The Hall–Kier alpha value is -1.31. The van der Waals surface area contributed by atoms with E-state index >= 15 is 0 Å². The fraction of sp³-hybridized carbons (Fsp3) is 0.462. The normalized spacial score (nSPS) is 10.1. The van der Waals surface area contributed by atoms with Crippen molar-refractivity contribution >= 4 is 11.5 Å². The van der Waals surface area contributed by atoms with Crippen LogP contribution in [0.25, 0.3) is 0 Å². The molecule has 0 aliphatic heterocycles. The number of anilines is 1. The van der Waals surface area contributed by atoms with Crippen molar-refractivity contribution in [2.45, 2.75) is 34.1 Å². The maximum absolute atomic E-state index is 11.5. The number of hydrogen-bond donors (Lipinski definition) is 1. The number of nitrogens with one attached hydrogen (secondary N) is 1. The summed E-state index contributed by atoms with van der Waals surface area (Å²) in [5, 5.41) is 3.31. The van der Waals surface area contributed by atoms with Crippen molar-refractivity contribution in [2.24, 2.45) is 0 Å². The Morgan fingerprint density at radius 1 is 1.33 bits per heavy atom. The second-order valence-electron chi connectivity index (χ2n) is 3.99. The first kappa shape index (κ1) is 11.8. The molecule has 0 unspecified atom stereocenters. The highest BCUT2D eigenvalue weighted by Gasteiger charge is 2.10. The third-order valence-electron chi connectivity index (χ3n) is 2.40. The van der Waals surface area contributed by atoms with Gasteiger partial charge >= 0.3 is 0 Å². The van der Waals surface area contributed by atoms with Gasteiger partial charge in [0.1, 0.15) is 0 Å². The third-order valence-corrected chi connectivity index (χ3v) is 2.40. The highest BCUT2D eigenvalue weighted by Crippen LogP contribution is 2.22. The van der Waals surface area contributed by atoms with E-state index in [2.05, 4.69) is 12.2 Å². The minimum atomic E-state index is 0.131. The summed E-state index contributed by atoms with van der Waals surface area (Å²) >= 11 is 0. The molecule has 82 valence electrons. The molecule has 1 aromatic rings. The molecule has 0 aromatic heterocycles. The first-order valence-electron chi connectivity index (χ1n) is 5.42. The molecule has 1 aromatic carbocycles. The molecular formula is C13H19NO. The molecular weight excluding hydrogens is 186 g/mol. The zero-order valence-corrected chi connectivity index (χ0v) is 9.98. The van der Waals surface area contributed by atoms with Gasteiger partial charge in [-0.1, -0.05) is 13.0 Å². The summed E-state index contributed by atoms with van der Waals surface area (Å²) in [6, 6.07) is 4.09. The number of Topliss-reactive ketones (excluding diaryl/α,β-unsaturated/α-hetero) is 1. The lowest BCUT2D eigenvalue weighted by atomic mass is 10.0. The smallest absolute Gasteiger partial charge is 0.162 e. The summed E-state index contributed by atoms with van der Waals surface area (Å²) in [6.07, 6.45) is 1.06. The molecule has 0 aliphatic carbocycles. The molecule has 0 fully saturated rings. The molecule has 0 spiro atoms. The third kappa shape index (κ3) is 2.82. The lowest BCUT2D eigenvalue weighted by molar-refractivity contribution is 0.101. The number of benzene rings is 1. The molecule has 1 rings (SSSR count). The average molecular weight is 205 g/mol. The fourth-order valence-electron chi connectivity index (χ4n) is 1.83. The number of rotatable bonds is 4. The minimum absolute atomic E-state index is 0.131. The van der Waals surface area contributed by atoms with E-state index in [1.165, 1.54) is 5.56 Å². The van der Waals surface area contributed by atoms with Crippen LogP contribution in [0.4, 0.5) is 5.69 Å². The number of hydrogen-bond acceptors (Lipinski definition) is 2. The van der Waals surface area contributed by atoms with Crippen LogP contribution >= 0.6 is 0 Å². The van der Waals surface area contributed by atoms with Crippen LogP contribution in [-0.4, -0.2) is 12.3 Å². The molecule has 15 heavy (non-hydrogen) atoms. The molecule has 0 atom stereocenters. The zero-order chi connectivity index (χ0) is 11.4. The molecule has 2 nitrogen and oxygen atoms in total. The molecule has 0 amide bonds. The summed E-state index contributed by atoms with van der Waals surface area (Å²) in [7, 11) is 0. The number of aryl methyl sites for hydroxylation is 2. The van der Waals surface area contributed by atoms with Gasteiger partial charge in [-0.25, -0.2) is 0 Å². The van der Waals surface area contributed by atoms with E-state index < -0.39 is 0 Å². The predicted molar refractivity (Wildman–Crippen MR) is 64.7 cm³/mol. The van der Waals surface area contributed by atoms with Crippen LogP contribution in [0.15, 0.2) is 12.1 Å². The Bertz CT molecular complexity index is 369. The van der Waals surface area contributed by atoms with Gasteiger partial charge in [-0.3, -0.25) is 4.79 Å². The molecule has 1 N–H and O–H groups in total. The van der Waals surface area contributed by atoms with E-state index in [1.54, 1.807) is 6.92 Å². The first-order chi connectivity index (χ1) is 7.06. The highest BCUT2D eigenvalue weighted by atomic mass is 16.1. The van der Waals surface area contributed by atoms with Crippen LogP contribution in [-0.2, 0) is 0 Å². The molecule has 2 heteroatoms. The summed E-state index contributed by atoms with van der Waals surface area (Å²) < 4.78 is 0.